The van der Waals surface area contributed by atoms with Crippen LogP contribution in [-0.4, -0.2) is 35.5 Å². The van der Waals surface area contributed by atoms with Crippen LogP contribution in [0.5, 0.6) is 5.75 Å². The van der Waals surface area contributed by atoms with E-state index in [4.69, 9.17) is 4.74 Å². The SMILES string of the molecule is CCCCN1C(=O)/C(=C\c2ccccc2O)C(C(=O)OC)=C1C. The zero-order valence-corrected chi connectivity index (χ0v) is 13.6. The molecule has 1 aromatic rings. The van der Waals surface area contributed by atoms with Gasteiger partial charge < -0.3 is 14.7 Å². The van der Waals surface area contributed by atoms with E-state index in [1.807, 2.05) is 6.92 Å². The number of phenols is 1. The maximum absolute atomic E-state index is 12.7. The highest BCUT2D eigenvalue weighted by molar-refractivity contribution is 6.16. The van der Waals surface area contributed by atoms with E-state index in [2.05, 4.69) is 0 Å². The van der Waals surface area contributed by atoms with Crippen molar-refractivity contribution in [2.24, 2.45) is 0 Å². The number of esters is 1. The number of rotatable bonds is 5. The van der Waals surface area contributed by atoms with Gasteiger partial charge in [0, 0.05) is 17.8 Å². The molecular formula is C18H21NO4. The molecule has 0 bridgehead atoms. The first kappa shape index (κ1) is 16.8. The lowest BCUT2D eigenvalue weighted by atomic mass is 10.0. The zero-order chi connectivity index (χ0) is 17.0. The van der Waals surface area contributed by atoms with Crippen LogP contribution in [0.25, 0.3) is 6.08 Å². The van der Waals surface area contributed by atoms with Crippen LogP contribution >= 0.6 is 0 Å². The minimum atomic E-state index is -0.545. The van der Waals surface area contributed by atoms with Gasteiger partial charge in [-0.05, 0) is 25.5 Å². The van der Waals surface area contributed by atoms with Crippen LogP contribution in [0.3, 0.4) is 0 Å². The Morgan fingerprint density at radius 2 is 2.04 bits per heavy atom. The number of para-hydroxylation sites is 1. The molecule has 0 atom stereocenters. The van der Waals surface area contributed by atoms with Gasteiger partial charge in [-0.1, -0.05) is 31.5 Å². The summed E-state index contributed by atoms with van der Waals surface area (Å²) in [6.07, 6.45) is 3.34. The Morgan fingerprint density at radius 3 is 2.65 bits per heavy atom. The number of phenolic OH excluding ortho intramolecular Hbond substituents is 1. The highest BCUT2D eigenvalue weighted by atomic mass is 16.5. The smallest absolute Gasteiger partial charge is 0.340 e. The van der Waals surface area contributed by atoms with Gasteiger partial charge >= 0.3 is 5.97 Å². The van der Waals surface area contributed by atoms with Crippen molar-refractivity contribution in [3.63, 3.8) is 0 Å². The third-order valence-electron chi connectivity index (χ3n) is 3.87. The van der Waals surface area contributed by atoms with Crippen molar-refractivity contribution < 1.29 is 19.4 Å². The summed E-state index contributed by atoms with van der Waals surface area (Å²) in [5.41, 5.74) is 1.60. The Morgan fingerprint density at radius 1 is 1.35 bits per heavy atom. The van der Waals surface area contributed by atoms with Crippen molar-refractivity contribution in [3.8, 4) is 5.75 Å². The first-order valence-electron chi connectivity index (χ1n) is 7.62. The average Bonchev–Trinajstić information content (AvgIpc) is 2.77. The average molecular weight is 315 g/mol. The molecule has 1 N–H and O–H groups in total. The number of unbranched alkanes of at least 4 members (excludes halogenated alkanes) is 1. The molecule has 0 saturated heterocycles. The van der Waals surface area contributed by atoms with Gasteiger partial charge in [-0.2, -0.15) is 0 Å². The van der Waals surface area contributed by atoms with Gasteiger partial charge in [-0.15, -0.1) is 0 Å². The number of ether oxygens (including phenoxy) is 1. The van der Waals surface area contributed by atoms with Crippen LogP contribution in [0.15, 0.2) is 41.1 Å². The Kier molecular flexibility index (Phi) is 5.21. The van der Waals surface area contributed by atoms with E-state index in [-0.39, 0.29) is 22.8 Å². The molecule has 0 saturated carbocycles. The Hall–Kier alpha value is -2.56. The van der Waals surface area contributed by atoms with E-state index < -0.39 is 5.97 Å². The molecule has 0 aliphatic carbocycles. The van der Waals surface area contributed by atoms with Gasteiger partial charge in [0.2, 0.25) is 0 Å². The number of nitrogens with zero attached hydrogens (tertiary/aromatic N) is 1. The van der Waals surface area contributed by atoms with E-state index in [0.29, 0.717) is 17.8 Å². The Balaban J connectivity index is 2.50. The normalized spacial score (nSPS) is 16.4. The number of methoxy groups -OCH3 is 1. The monoisotopic (exact) mass is 315 g/mol. The van der Waals surface area contributed by atoms with E-state index >= 15 is 0 Å². The number of carbonyl (C=O) groups is 2. The van der Waals surface area contributed by atoms with Gasteiger partial charge in [0.25, 0.3) is 5.91 Å². The van der Waals surface area contributed by atoms with E-state index in [0.717, 1.165) is 12.8 Å². The zero-order valence-electron chi connectivity index (χ0n) is 13.6. The molecule has 5 heteroatoms. The minimum absolute atomic E-state index is 0.0571. The predicted octanol–water partition coefficient (Wildman–Crippen LogP) is 2.86. The molecule has 1 amide bonds. The fourth-order valence-electron chi connectivity index (χ4n) is 2.58. The van der Waals surface area contributed by atoms with Crippen LogP contribution in [-0.2, 0) is 14.3 Å². The molecule has 0 unspecified atom stereocenters. The maximum Gasteiger partial charge on any atom is 0.340 e. The molecule has 23 heavy (non-hydrogen) atoms. The molecule has 122 valence electrons. The van der Waals surface area contributed by atoms with Crippen molar-refractivity contribution in [2.45, 2.75) is 26.7 Å². The highest BCUT2D eigenvalue weighted by Gasteiger charge is 2.36. The Labute approximate surface area is 135 Å². The topological polar surface area (TPSA) is 66.8 Å². The number of amides is 1. The summed E-state index contributed by atoms with van der Waals surface area (Å²) in [4.78, 5) is 26.4. The van der Waals surface area contributed by atoms with E-state index in [9.17, 15) is 14.7 Å². The van der Waals surface area contributed by atoms with Crippen LogP contribution in [0, 0.1) is 0 Å². The molecule has 1 aliphatic heterocycles. The van der Waals surface area contributed by atoms with Gasteiger partial charge in [0.15, 0.2) is 0 Å². The molecule has 2 rings (SSSR count). The number of allylic oxidation sites excluding steroid dienone is 1. The highest BCUT2D eigenvalue weighted by Crippen LogP contribution is 2.33. The van der Waals surface area contributed by atoms with Crippen LogP contribution in [0.2, 0.25) is 0 Å². The summed E-state index contributed by atoms with van der Waals surface area (Å²) in [5.74, 6) is -0.724. The summed E-state index contributed by atoms with van der Waals surface area (Å²) in [5, 5.41) is 9.91. The first-order valence-corrected chi connectivity index (χ1v) is 7.62. The Bertz CT molecular complexity index is 688. The van der Waals surface area contributed by atoms with E-state index in [1.54, 1.807) is 36.1 Å². The first-order chi connectivity index (χ1) is 11.0. The van der Waals surface area contributed by atoms with Crippen LogP contribution < -0.4 is 0 Å². The van der Waals surface area contributed by atoms with E-state index in [1.165, 1.54) is 13.2 Å². The fourth-order valence-corrected chi connectivity index (χ4v) is 2.58. The number of hydrogen-bond donors (Lipinski definition) is 1. The summed E-state index contributed by atoms with van der Waals surface area (Å²) in [7, 11) is 1.29. The predicted molar refractivity (Wildman–Crippen MR) is 87.4 cm³/mol. The summed E-state index contributed by atoms with van der Waals surface area (Å²) < 4.78 is 4.82. The molecule has 1 heterocycles. The number of benzene rings is 1. The summed E-state index contributed by atoms with van der Waals surface area (Å²) >= 11 is 0. The largest absolute Gasteiger partial charge is 0.507 e. The van der Waals surface area contributed by atoms with Gasteiger partial charge in [-0.3, -0.25) is 4.79 Å². The van der Waals surface area contributed by atoms with Crippen molar-refractivity contribution in [2.75, 3.05) is 13.7 Å². The van der Waals surface area contributed by atoms with Gasteiger partial charge in [0.05, 0.1) is 18.3 Å². The maximum atomic E-state index is 12.7. The molecule has 0 aromatic heterocycles. The lowest BCUT2D eigenvalue weighted by Crippen LogP contribution is -2.26. The van der Waals surface area contributed by atoms with Crippen molar-refractivity contribution in [1.29, 1.82) is 0 Å². The third-order valence-corrected chi connectivity index (χ3v) is 3.87. The van der Waals surface area contributed by atoms with Crippen LogP contribution in [0.4, 0.5) is 0 Å². The molecule has 0 fully saturated rings. The number of carbonyl (C=O) groups excluding carboxylic acids is 2. The standard InChI is InChI=1S/C18H21NO4/c1-4-5-10-19-12(2)16(18(22)23-3)14(17(19)21)11-13-8-6-7-9-15(13)20/h6-9,11,20H,4-5,10H2,1-3H3/b14-11-. The molecular weight excluding hydrogens is 294 g/mol. The van der Waals surface area contributed by atoms with Crippen LogP contribution in [0.1, 0.15) is 32.3 Å². The summed E-state index contributed by atoms with van der Waals surface area (Å²) in [6, 6.07) is 6.68. The van der Waals surface area contributed by atoms with Gasteiger partial charge in [0.1, 0.15) is 5.75 Å². The molecule has 5 nitrogen and oxygen atoms in total. The van der Waals surface area contributed by atoms with Crippen molar-refractivity contribution in [3.05, 3.63) is 46.7 Å². The number of aromatic hydroxyl groups is 1. The molecule has 0 radical (unpaired) electrons. The quantitative estimate of drug-likeness (QED) is 0.670. The summed E-state index contributed by atoms with van der Waals surface area (Å²) in [6.45, 7) is 4.34. The third kappa shape index (κ3) is 3.28. The second kappa shape index (κ2) is 7.13. The molecule has 1 aromatic carbocycles. The number of hydrogen-bond acceptors (Lipinski definition) is 4. The van der Waals surface area contributed by atoms with Gasteiger partial charge in [-0.25, -0.2) is 4.79 Å². The van der Waals surface area contributed by atoms with Crippen molar-refractivity contribution >= 4 is 18.0 Å². The lowest BCUT2D eigenvalue weighted by molar-refractivity contribution is -0.136. The fraction of sp³-hybridized carbons (Fsp3) is 0.333. The van der Waals surface area contributed by atoms with Crippen molar-refractivity contribution in [1.82, 2.24) is 4.90 Å². The minimum Gasteiger partial charge on any atom is -0.507 e. The second-order valence-corrected chi connectivity index (χ2v) is 5.38. The lowest BCUT2D eigenvalue weighted by Gasteiger charge is -2.17. The second-order valence-electron chi connectivity index (χ2n) is 5.38. The molecule has 1 aliphatic rings. The molecule has 0 spiro atoms.